The molecule has 3 rings (SSSR count). The quantitative estimate of drug-likeness (QED) is 0.897. The van der Waals surface area contributed by atoms with Crippen molar-refractivity contribution in [2.24, 2.45) is 0 Å². The van der Waals surface area contributed by atoms with Crippen LogP contribution in [0.5, 0.6) is 5.75 Å². The monoisotopic (exact) mass is 291 g/mol. The van der Waals surface area contributed by atoms with Crippen molar-refractivity contribution < 1.29 is 24.2 Å². The van der Waals surface area contributed by atoms with E-state index >= 15 is 0 Å². The first-order valence-corrected chi connectivity index (χ1v) is 7.04. The number of para-hydroxylation sites is 1. The van der Waals surface area contributed by atoms with E-state index in [-0.39, 0.29) is 29.9 Å². The molecule has 0 aromatic heterocycles. The van der Waals surface area contributed by atoms with Crippen LogP contribution in [0.25, 0.3) is 0 Å². The molecule has 1 aromatic carbocycles. The van der Waals surface area contributed by atoms with Crippen molar-refractivity contribution in [3.63, 3.8) is 0 Å². The predicted octanol–water partition coefficient (Wildman–Crippen LogP) is 1.68. The molecular formula is C15H17NO5. The van der Waals surface area contributed by atoms with E-state index in [1.165, 1.54) is 6.07 Å². The average molecular weight is 291 g/mol. The van der Waals surface area contributed by atoms with Gasteiger partial charge >= 0.3 is 5.97 Å². The summed E-state index contributed by atoms with van der Waals surface area (Å²) in [6.45, 7) is 2.64. The molecule has 1 fully saturated rings. The molecule has 2 aliphatic rings. The Morgan fingerprint density at radius 2 is 2.14 bits per heavy atom. The minimum Gasteiger partial charge on any atom is -0.489 e. The van der Waals surface area contributed by atoms with E-state index in [2.05, 4.69) is 0 Å². The lowest BCUT2D eigenvalue weighted by molar-refractivity contribution is -0.129. The van der Waals surface area contributed by atoms with Crippen molar-refractivity contribution in [3.8, 4) is 5.75 Å². The first-order valence-electron chi connectivity index (χ1n) is 7.04. The second-order valence-electron chi connectivity index (χ2n) is 5.31. The van der Waals surface area contributed by atoms with Crippen LogP contribution in [-0.4, -0.2) is 42.3 Å². The summed E-state index contributed by atoms with van der Waals surface area (Å²) < 4.78 is 11.1. The number of carboxylic acid groups (broad SMARTS) is 1. The first kappa shape index (κ1) is 13.9. The molecule has 0 bridgehead atoms. The van der Waals surface area contributed by atoms with Crippen molar-refractivity contribution in [1.29, 1.82) is 0 Å². The van der Waals surface area contributed by atoms with Gasteiger partial charge in [0.25, 0.3) is 5.91 Å². The van der Waals surface area contributed by atoms with E-state index in [0.717, 1.165) is 6.42 Å². The maximum atomic E-state index is 12.6. The molecule has 6 heteroatoms. The fraction of sp³-hybridized carbons (Fsp3) is 0.467. The lowest BCUT2D eigenvalue weighted by Gasteiger charge is -2.31. The second kappa shape index (κ2) is 5.37. The number of aromatic carboxylic acids is 1. The van der Waals surface area contributed by atoms with Gasteiger partial charge in [0, 0.05) is 0 Å². The minimum atomic E-state index is -1.06. The highest BCUT2D eigenvalue weighted by Crippen LogP contribution is 2.36. The van der Waals surface area contributed by atoms with Crippen molar-refractivity contribution in [3.05, 3.63) is 23.8 Å². The van der Waals surface area contributed by atoms with Gasteiger partial charge in [0.15, 0.2) is 5.75 Å². The number of rotatable bonds is 2. The van der Waals surface area contributed by atoms with E-state index in [0.29, 0.717) is 18.7 Å². The van der Waals surface area contributed by atoms with Gasteiger partial charge in [0.2, 0.25) is 0 Å². The summed E-state index contributed by atoms with van der Waals surface area (Å²) in [7, 11) is 0. The molecule has 2 atom stereocenters. The number of benzene rings is 1. The lowest BCUT2D eigenvalue weighted by atomic mass is 10.1. The maximum Gasteiger partial charge on any atom is 0.339 e. The van der Waals surface area contributed by atoms with Gasteiger partial charge in [0.05, 0.1) is 18.3 Å². The highest BCUT2D eigenvalue weighted by molar-refractivity contribution is 6.01. The number of hydrogen-bond acceptors (Lipinski definition) is 4. The number of hydrogen-bond donors (Lipinski definition) is 1. The first-order chi connectivity index (χ1) is 10.1. The zero-order chi connectivity index (χ0) is 15.0. The number of nitrogens with zero attached hydrogens (tertiary/aromatic N) is 1. The van der Waals surface area contributed by atoms with E-state index in [1.54, 1.807) is 17.0 Å². The molecule has 6 nitrogen and oxygen atoms in total. The Balaban J connectivity index is 1.92. The Labute approximate surface area is 122 Å². The number of amides is 1. The highest BCUT2D eigenvalue weighted by atomic mass is 16.5. The molecule has 1 N–H and O–H groups in total. The molecule has 2 aliphatic heterocycles. The fourth-order valence-corrected chi connectivity index (χ4v) is 2.80. The molecule has 0 spiro atoms. The molecule has 1 saturated heterocycles. The minimum absolute atomic E-state index is 0.0747. The van der Waals surface area contributed by atoms with E-state index in [4.69, 9.17) is 9.47 Å². The largest absolute Gasteiger partial charge is 0.489 e. The van der Waals surface area contributed by atoms with Gasteiger partial charge in [-0.15, -0.1) is 0 Å². The predicted molar refractivity (Wildman–Crippen MR) is 74.8 cm³/mol. The summed E-state index contributed by atoms with van der Waals surface area (Å²) in [6, 6.07) is 4.80. The zero-order valence-electron chi connectivity index (χ0n) is 11.7. The summed E-state index contributed by atoms with van der Waals surface area (Å²) in [5.41, 5.74) is 0.583. The Bertz CT molecular complexity index is 585. The summed E-state index contributed by atoms with van der Waals surface area (Å²) in [5, 5.41) is 9.20. The highest BCUT2D eigenvalue weighted by Gasteiger charge is 2.35. The van der Waals surface area contributed by atoms with Crippen LogP contribution in [0, 0.1) is 0 Å². The van der Waals surface area contributed by atoms with Crippen LogP contribution in [0.4, 0.5) is 5.69 Å². The molecule has 0 saturated carbocycles. The van der Waals surface area contributed by atoms with Gasteiger partial charge in [0.1, 0.15) is 18.3 Å². The third-order valence-electron chi connectivity index (χ3n) is 3.85. The summed E-state index contributed by atoms with van der Waals surface area (Å²) in [5.74, 6) is -0.922. The van der Waals surface area contributed by atoms with Gasteiger partial charge in [-0.25, -0.2) is 4.79 Å². The molecule has 1 amide bonds. The number of carbonyl (C=O) groups excluding carboxylic acids is 1. The van der Waals surface area contributed by atoms with E-state index in [9.17, 15) is 14.7 Å². The van der Waals surface area contributed by atoms with Crippen molar-refractivity contribution >= 4 is 17.6 Å². The topological polar surface area (TPSA) is 76.1 Å². The van der Waals surface area contributed by atoms with Crippen LogP contribution >= 0.6 is 0 Å². The van der Waals surface area contributed by atoms with Crippen LogP contribution in [0.2, 0.25) is 0 Å². The van der Waals surface area contributed by atoms with Crippen LogP contribution in [-0.2, 0) is 9.53 Å². The normalized spacial score (nSPS) is 24.3. The van der Waals surface area contributed by atoms with E-state index < -0.39 is 12.1 Å². The van der Waals surface area contributed by atoms with Gasteiger partial charge in [-0.05, 0) is 31.9 Å². The third-order valence-corrected chi connectivity index (χ3v) is 3.85. The smallest absolute Gasteiger partial charge is 0.339 e. The van der Waals surface area contributed by atoms with E-state index in [1.807, 2.05) is 6.92 Å². The standard InChI is InChI=1S/C15H17NO5/c1-9-5-6-12(21-9)14(17)16-7-8-20-13-10(15(18)19)3-2-4-11(13)16/h2-4,9,12H,5-8H2,1H3,(H,18,19). The summed E-state index contributed by atoms with van der Waals surface area (Å²) >= 11 is 0. The Morgan fingerprint density at radius 1 is 1.33 bits per heavy atom. The number of carbonyl (C=O) groups is 2. The molecule has 112 valence electrons. The zero-order valence-corrected chi connectivity index (χ0v) is 11.7. The second-order valence-corrected chi connectivity index (χ2v) is 5.31. The molecule has 1 aromatic rings. The van der Waals surface area contributed by atoms with Gasteiger partial charge in [-0.2, -0.15) is 0 Å². The Morgan fingerprint density at radius 3 is 2.81 bits per heavy atom. The van der Waals surface area contributed by atoms with Crippen molar-refractivity contribution in [2.45, 2.75) is 32.0 Å². The molecule has 0 aliphatic carbocycles. The van der Waals surface area contributed by atoms with Crippen LogP contribution in [0.1, 0.15) is 30.1 Å². The molecule has 2 heterocycles. The number of ether oxygens (including phenoxy) is 2. The van der Waals surface area contributed by atoms with Gasteiger partial charge < -0.3 is 19.5 Å². The number of fused-ring (bicyclic) bond motifs is 1. The lowest BCUT2D eigenvalue weighted by Crippen LogP contribution is -2.44. The molecule has 21 heavy (non-hydrogen) atoms. The number of anilines is 1. The molecular weight excluding hydrogens is 274 g/mol. The molecule has 2 unspecified atom stereocenters. The van der Waals surface area contributed by atoms with Crippen LogP contribution in [0.15, 0.2) is 18.2 Å². The maximum absolute atomic E-state index is 12.6. The summed E-state index contributed by atoms with van der Waals surface area (Å²) in [6.07, 6.45) is 1.21. The van der Waals surface area contributed by atoms with Crippen molar-refractivity contribution in [1.82, 2.24) is 0 Å². The molecule has 0 radical (unpaired) electrons. The number of carboxylic acids is 1. The Hall–Kier alpha value is -2.08. The van der Waals surface area contributed by atoms with Crippen LogP contribution < -0.4 is 9.64 Å². The Kier molecular flexibility index (Phi) is 3.55. The SMILES string of the molecule is CC1CCC(C(=O)N2CCOc3c(C(=O)O)cccc32)O1. The van der Waals surface area contributed by atoms with Gasteiger partial charge in [-0.3, -0.25) is 4.79 Å². The third kappa shape index (κ3) is 2.47. The van der Waals surface area contributed by atoms with Crippen LogP contribution in [0.3, 0.4) is 0 Å². The van der Waals surface area contributed by atoms with Crippen molar-refractivity contribution in [2.75, 3.05) is 18.1 Å². The fourth-order valence-electron chi connectivity index (χ4n) is 2.80. The summed E-state index contributed by atoms with van der Waals surface area (Å²) in [4.78, 5) is 25.4. The average Bonchev–Trinajstić information content (AvgIpc) is 2.91. The van der Waals surface area contributed by atoms with Gasteiger partial charge in [-0.1, -0.05) is 6.07 Å².